The fourth-order valence-corrected chi connectivity index (χ4v) is 3.90. The molecule has 2 aliphatic rings. The number of thioether (sulfide) groups is 1. The molecule has 0 aromatic carbocycles. The van der Waals surface area contributed by atoms with Gasteiger partial charge in [0.05, 0.1) is 12.3 Å². The maximum Gasteiger partial charge on any atom is 0.284 e. The molecular formula is C15H22F2N2OS. The summed E-state index contributed by atoms with van der Waals surface area (Å²) in [7, 11) is 0. The minimum absolute atomic E-state index is 0.234. The molecule has 0 spiro atoms. The van der Waals surface area contributed by atoms with Gasteiger partial charge in [0.25, 0.3) is 5.76 Å². The van der Waals surface area contributed by atoms with Crippen LogP contribution in [0.25, 0.3) is 0 Å². The first-order valence-electron chi connectivity index (χ1n) is 7.67. The molecule has 2 atom stereocenters. The monoisotopic (exact) mass is 316 g/mol. The fraction of sp³-hybridized carbons (Fsp3) is 0.733. The molecule has 3 rings (SSSR count). The Hall–Kier alpha value is -0.590. The van der Waals surface area contributed by atoms with Crippen molar-refractivity contribution in [2.24, 2.45) is 0 Å². The third kappa shape index (κ3) is 3.99. The number of nitrogens with zero attached hydrogens (tertiary/aromatic N) is 1. The van der Waals surface area contributed by atoms with Gasteiger partial charge in [0.15, 0.2) is 0 Å². The van der Waals surface area contributed by atoms with Crippen LogP contribution >= 0.6 is 11.8 Å². The molecule has 1 N–H and O–H groups in total. The first kappa shape index (κ1) is 15.3. The normalized spacial score (nSPS) is 26.4. The zero-order valence-corrected chi connectivity index (χ0v) is 12.9. The highest BCUT2D eigenvalue weighted by Gasteiger charge is 2.34. The molecule has 2 saturated heterocycles. The van der Waals surface area contributed by atoms with Gasteiger partial charge in [0.2, 0.25) is 0 Å². The van der Waals surface area contributed by atoms with Crippen LogP contribution in [0.2, 0.25) is 0 Å². The smallest absolute Gasteiger partial charge is 0.284 e. The van der Waals surface area contributed by atoms with Crippen LogP contribution < -0.4 is 5.32 Å². The van der Waals surface area contributed by atoms with Crippen molar-refractivity contribution in [3.05, 3.63) is 23.7 Å². The standard InChI is InChI=1S/C15H22F2N2OS/c16-15(17)21-10-12-5-4-11(20-12)9-18-13-6-8-19-7-2-1-3-14(13)19/h4-5,13-15,18H,1-3,6-10H2. The summed E-state index contributed by atoms with van der Waals surface area (Å²) in [6, 6.07) is 4.90. The maximum absolute atomic E-state index is 12.1. The van der Waals surface area contributed by atoms with Gasteiger partial charge in [-0.3, -0.25) is 4.90 Å². The van der Waals surface area contributed by atoms with Crippen LogP contribution in [0, 0.1) is 0 Å². The molecule has 2 unspecified atom stereocenters. The fourth-order valence-electron chi connectivity index (χ4n) is 3.46. The van der Waals surface area contributed by atoms with Gasteiger partial charge >= 0.3 is 0 Å². The Balaban J connectivity index is 1.47. The van der Waals surface area contributed by atoms with Gasteiger partial charge in [-0.2, -0.15) is 8.78 Å². The third-order valence-electron chi connectivity index (χ3n) is 4.46. The van der Waals surface area contributed by atoms with E-state index in [1.165, 1.54) is 38.8 Å². The number of rotatable bonds is 6. The van der Waals surface area contributed by atoms with Crippen molar-refractivity contribution >= 4 is 11.8 Å². The average molecular weight is 316 g/mol. The summed E-state index contributed by atoms with van der Waals surface area (Å²) in [5, 5.41) is 3.58. The summed E-state index contributed by atoms with van der Waals surface area (Å²) in [5.74, 6) is -0.637. The first-order valence-corrected chi connectivity index (χ1v) is 8.72. The van der Waals surface area contributed by atoms with E-state index in [4.69, 9.17) is 4.42 Å². The maximum atomic E-state index is 12.1. The second-order valence-electron chi connectivity index (χ2n) is 5.81. The Morgan fingerprint density at radius 2 is 2.10 bits per heavy atom. The zero-order chi connectivity index (χ0) is 14.7. The van der Waals surface area contributed by atoms with Crippen LogP contribution in [0.5, 0.6) is 0 Å². The van der Waals surface area contributed by atoms with Crippen LogP contribution in [0.3, 0.4) is 0 Å². The Labute approximate surface area is 128 Å². The second-order valence-corrected chi connectivity index (χ2v) is 6.79. The lowest BCUT2D eigenvalue weighted by molar-refractivity contribution is 0.179. The van der Waals surface area contributed by atoms with Crippen molar-refractivity contribution in [3.8, 4) is 0 Å². The van der Waals surface area contributed by atoms with Crippen LogP contribution in [-0.4, -0.2) is 35.8 Å². The molecule has 3 heterocycles. The van der Waals surface area contributed by atoms with Gasteiger partial charge < -0.3 is 9.73 Å². The molecule has 2 fully saturated rings. The Morgan fingerprint density at radius 1 is 1.24 bits per heavy atom. The van der Waals surface area contributed by atoms with Crippen molar-refractivity contribution in [1.29, 1.82) is 0 Å². The van der Waals surface area contributed by atoms with E-state index >= 15 is 0 Å². The Morgan fingerprint density at radius 3 is 2.95 bits per heavy atom. The molecule has 1 aromatic heterocycles. The predicted octanol–water partition coefficient (Wildman–Crippen LogP) is 3.45. The summed E-state index contributed by atoms with van der Waals surface area (Å²) in [4.78, 5) is 2.59. The van der Waals surface area contributed by atoms with Crippen LogP contribution in [0.4, 0.5) is 8.78 Å². The van der Waals surface area contributed by atoms with Crippen molar-refractivity contribution < 1.29 is 13.2 Å². The van der Waals surface area contributed by atoms with E-state index in [0.29, 0.717) is 36.2 Å². The number of hydrogen-bond donors (Lipinski definition) is 1. The minimum Gasteiger partial charge on any atom is -0.464 e. The summed E-state index contributed by atoms with van der Waals surface area (Å²) in [6.45, 7) is 3.11. The highest BCUT2D eigenvalue weighted by Crippen LogP contribution is 2.27. The Bertz CT molecular complexity index is 455. The lowest BCUT2D eigenvalue weighted by atomic mass is 9.99. The number of furan rings is 1. The van der Waals surface area contributed by atoms with E-state index in [-0.39, 0.29) is 5.75 Å². The number of hydrogen-bond acceptors (Lipinski definition) is 4. The van der Waals surface area contributed by atoms with E-state index in [2.05, 4.69) is 10.2 Å². The van der Waals surface area contributed by atoms with Crippen LogP contribution in [0.1, 0.15) is 37.2 Å². The summed E-state index contributed by atoms with van der Waals surface area (Å²) < 4.78 is 29.9. The SMILES string of the molecule is FC(F)SCc1ccc(CNC2CCN3CCCCC23)o1. The largest absolute Gasteiger partial charge is 0.464 e. The number of fused-ring (bicyclic) bond motifs is 1. The quantitative estimate of drug-likeness (QED) is 0.870. The van der Waals surface area contributed by atoms with Crippen LogP contribution in [0.15, 0.2) is 16.5 Å². The molecule has 118 valence electrons. The highest BCUT2D eigenvalue weighted by atomic mass is 32.2. The number of piperidine rings is 1. The minimum atomic E-state index is -2.34. The van der Waals surface area contributed by atoms with Crippen molar-refractivity contribution in [2.45, 2.75) is 55.8 Å². The third-order valence-corrected chi connectivity index (χ3v) is 5.17. The molecule has 1 aromatic rings. The van der Waals surface area contributed by atoms with E-state index in [9.17, 15) is 8.78 Å². The van der Waals surface area contributed by atoms with Gasteiger partial charge in [-0.15, -0.1) is 0 Å². The molecule has 0 aliphatic carbocycles. The van der Waals surface area contributed by atoms with Crippen molar-refractivity contribution in [2.75, 3.05) is 13.1 Å². The number of nitrogens with one attached hydrogen (secondary N) is 1. The molecule has 0 amide bonds. The van der Waals surface area contributed by atoms with Crippen molar-refractivity contribution in [3.63, 3.8) is 0 Å². The topological polar surface area (TPSA) is 28.4 Å². The first-order chi connectivity index (χ1) is 10.2. The molecule has 6 heteroatoms. The lowest BCUT2D eigenvalue weighted by Crippen LogP contribution is -2.44. The van der Waals surface area contributed by atoms with Crippen molar-refractivity contribution in [1.82, 2.24) is 10.2 Å². The zero-order valence-electron chi connectivity index (χ0n) is 12.1. The summed E-state index contributed by atoms with van der Waals surface area (Å²) >= 11 is 0.602. The average Bonchev–Trinajstić information content (AvgIpc) is 3.10. The van der Waals surface area contributed by atoms with E-state index in [1.807, 2.05) is 6.07 Å². The summed E-state index contributed by atoms with van der Waals surface area (Å²) in [5.41, 5.74) is 0. The van der Waals surface area contributed by atoms with E-state index < -0.39 is 5.76 Å². The molecule has 21 heavy (non-hydrogen) atoms. The van der Waals surface area contributed by atoms with E-state index in [1.54, 1.807) is 6.07 Å². The van der Waals surface area contributed by atoms with Gasteiger partial charge in [-0.05, 0) is 37.9 Å². The van der Waals surface area contributed by atoms with Crippen LogP contribution in [-0.2, 0) is 12.3 Å². The number of alkyl halides is 2. The van der Waals surface area contributed by atoms with Gasteiger partial charge in [-0.25, -0.2) is 0 Å². The molecular weight excluding hydrogens is 294 g/mol. The lowest BCUT2D eigenvalue weighted by Gasteiger charge is -2.32. The molecule has 3 nitrogen and oxygen atoms in total. The Kier molecular flexibility index (Phi) is 5.19. The van der Waals surface area contributed by atoms with E-state index in [0.717, 1.165) is 5.76 Å². The van der Waals surface area contributed by atoms with Gasteiger partial charge in [-0.1, -0.05) is 18.2 Å². The summed E-state index contributed by atoms with van der Waals surface area (Å²) in [6.07, 6.45) is 5.13. The highest BCUT2D eigenvalue weighted by molar-refractivity contribution is 7.98. The predicted molar refractivity (Wildman–Crippen MR) is 80.5 cm³/mol. The molecule has 0 radical (unpaired) electrons. The molecule has 0 bridgehead atoms. The second kappa shape index (κ2) is 7.11. The molecule has 2 aliphatic heterocycles. The van der Waals surface area contributed by atoms with Gasteiger partial charge in [0, 0.05) is 18.6 Å². The van der Waals surface area contributed by atoms with Gasteiger partial charge in [0.1, 0.15) is 11.5 Å². The number of halogens is 2. The molecule has 0 saturated carbocycles.